The van der Waals surface area contributed by atoms with Gasteiger partial charge >= 0.3 is 12.0 Å². The number of hydrogen-bond donors (Lipinski definition) is 3. The van der Waals surface area contributed by atoms with Gasteiger partial charge in [-0.2, -0.15) is 0 Å². The van der Waals surface area contributed by atoms with Crippen LogP contribution in [0.15, 0.2) is 0 Å². The first-order valence-electron chi connectivity index (χ1n) is 6.35. The van der Waals surface area contributed by atoms with Gasteiger partial charge in [-0.15, -0.1) is 0 Å². The van der Waals surface area contributed by atoms with Crippen LogP contribution in [0.5, 0.6) is 0 Å². The van der Waals surface area contributed by atoms with Gasteiger partial charge in [-0.25, -0.2) is 4.79 Å². The summed E-state index contributed by atoms with van der Waals surface area (Å²) in [5.41, 5.74) is -0.750. The van der Waals surface area contributed by atoms with Crippen LogP contribution in [0.3, 0.4) is 0 Å². The van der Waals surface area contributed by atoms with Gasteiger partial charge in [0.1, 0.15) is 0 Å². The van der Waals surface area contributed by atoms with Crippen molar-refractivity contribution < 1.29 is 19.4 Å². The Labute approximate surface area is 107 Å². The fourth-order valence-corrected chi connectivity index (χ4v) is 1.93. The van der Waals surface area contributed by atoms with E-state index in [9.17, 15) is 9.59 Å². The molecule has 6 heteroatoms. The van der Waals surface area contributed by atoms with Gasteiger partial charge in [0.15, 0.2) is 0 Å². The SMILES string of the molecule is CCOCC(C)NC(=O)NCC1(C(=O)O)CCC1. The standard InChI is InChI=1S/C12H22N2O4/c1-3-18-7-9(2)14-11(17)13-8-12(10(15)16)5-4-6-12/h9H,3-8H2,1-2H3,(H,15,16)(H2,13,14,17). The highest BCUT2D eigenvalue weighted by Crippen LogP contribution is 2.40. The van der Waals surface area contributed by atoms with E-state index in [0.29, 0.717) is 26.1 Å². The Hall–Kier alpha value is -1.30. The molecule has 18 heavy (non-hydrogen) atoms. The van der Waals surface area contributed by atoms with E-state index in [0.717, 1.165) is 6.42 Å². The zero-order valence-electron chi connectivity index (χ0n) is 11.0. The van der Waals surface area contributed by atoms with E-state index in [4.69, 9.17) is 9.84 Å². The van der Waals surface area contributed by atoms with E-state index in [-0.39, 0.29) is 18.6 Å². The predicted octanol–water partition coefficient (Wildman–Crippen LogP) is 0.965. The van der Waals surface area contributed by atoms with Crippen molar-refractivity contribution in [1.29, 1.82) is 0 Å². The average molecular weight is 258 g/mol. The molecule has 1 fully saturated rings. The quantitative estimate of drug-likeness (QED) is 0.635. The molecule has 0 saturated heterocycles. The summed E-state index contributed by atoms with van der Waals surface area (Å²) in [6.07, 6.45) is 2.19. The molecular formula is C12H22N2O4. The molecule has 1 aliphatic rings. The fraction of sp³-hybridized carbons (Fsp3) is 0.833. The average Bonchev–Trinajstić information content (AvgIpc) is 2.24. The molecule has 0 aromatic carbocycles. The van der Waals surface area contributed by atoms with Crippen LogP contribution in [0.25, 0.3) is 0 Å². The minimum absolute atomic E-state index is 0.0906. The maximum atomic E-state index is 11.6. The van der Waals surface area contributed by atoms with E-state index in [1.807, 2.05) is 13.8 Å². The van der Waals surface area contributed by atoms with E-state index < -0.39 is 11.4 Å². The summed E-state index contributed by atoms with van der Waals surface area (Å²) >= 11 is 0. The summed E-state index contributed by atoms with van der Waals surface area (Å²) in [6.45, 7) is 4.98. The predicted molar refractivity (Wildman–Crippen MR) is 66.4 cm³/mol. The molecule has 0 aliphatic heterocycles. The van der Waals surface area contributed by atoms with Crippen molar-refractivity contribution in [3.05, 3.63) is 0 Å². The first-order chi connectivity index (χ1) is 8.50. The number of nitrogens with one attached hydrogen (secondary N) is 2. The third-order valence-corrected chi connectivity index (χ3v) is 3.30. The number of carboxylic acid groups (broad SMARTS) is 1. The summed E-state index contributed by atoms with van der Waals surface area (Å²) in [4.78, 5) is 22.6. The van der Waals surface area contributed by atoms with Crippen LogP contribution in [-0.4, -0.2) is 42.9 Å². The number of carbonyl (C=O) groups is 2. The Morgan fingerprint density at radius 3 is 2.56 bits per heavy atom. The number of carbonyl (C=O) groups excluding carboxylic acids is 1. The van der Waals surface area contributed by atoms with Gasteiger partial charge in [0.05, 0.1) is 18.1 Å². The normalized spacial score (nSPS) is 18.6. The van der Waals surface area contributed by atoms with Gasteiger partial charge in [0.25, 0.3) is 0 Å². The summed E-state index contributed by atoms with van der Waals surface area (Å²) < 4.78 is 5.18. The Kier molecular flexibility index (Phi) is 5.40. The second-order valence-corrected chi connectivity index (χ2v) is 4.83. The molecule has 0 aromatic heterocycles. The minimum atomic E-state index is -0.823. The zero-order valence-corrected chi connectivity index (χ0v) is 11.0. The Bertz CT molecular complexity index is 302. The van der Waals surface area contributed by atoms with Crippen molar-refractivity contribution >= 4 is 12.0 Å². The van der Waals surface area contributed by atoms with Crippen molar-refractivity contribution in [2.75, 3.05) is 19.8 Å². The molecule has 0 spiro atoms. The number of rotatable bonds is 7. The molecule has 1 saturated carbocycles. The number of urea groups is 1. The second-order valence-electron chi connectivity index (χ2n) is 4.83. The lowest BCUT2D eigenvalue weighted by molar-refractivity contribution is -0.153. The van der Waals surface area contributed by atoms with Crippen molar-refractivity contribution in [3.8, 4) is 0 Å². The molecule has 0 aromatic rings. The lowest BCUT2D eigenvalue weighted by Crippen LogP contribution is -2.51. The largest absolute Gasteiger partial charge is 0.481 e. The van der Waals surface area contributed by atoms with Crippen LogP contribution in [0, 0.1) is 5.41 Å². The second kappa shape index (κ2) is 6.58. The van der Waals surface area contributed by atoms with Gasteiger partial charge in [-0.05, 0) is 26.7 Å². The summed E-state index contributed by atoms with van der Waals surface area (Å²) in [7, 11) is 0. The zero-order chi connectivity index (χ0) is 13.6. The molecule has 2 amide bonds. The third-order valence-electron chi connectivity index (χ3n) is 3.30. The van der Waals surface area contributed by atoms with Crippen LogP contribution in [0.1, 0.15) is 33.1 Å². The van der Waals surface area contributed by atoms with Gasteiger partial charge < -0.3 is 20.5 Å². The highest BCUT2D eigenvalue weighted by molar-refractivity contribution is 5.78. The summed E-state index contributed by atoms with van der Waals surface area (Å²) in [5.74, 6) is -0.823. The number of ether oxygens (including phenoxy) is 1. The summed E-state index contributed by atoms with van der Waals surface area (Å²) in [5, 5.41) is 14.4. The van der Waals surface area contributed by atoms with Crippen LogP contribution < -0.4 is 10.6 Å². The van der Waals surface area contributed by atoms with Crippen molar-refractivity contribution in [2.24, 2.45) is 5.41 Å². The molecule has 1 rings (SSSR count). The topological polar surface area (TPSA) is 87.7 Å². The van der Waals surface area contributed by atoms with Crippen LogP contribution in [0.2, 0.25) is 0 Å². The van der Waals surface area contributed by atoms with Gasteiger partial charge in [0.2, 0.25) is 0 Å². The molecular weight excluding hydrogens is 236 g/mol. The number of carboxylic acids is 1. The van der Waals surface area contributed by atoms with Crippen molar-refractivity contribution in [3.63, 3.8) is 0 Å². The van der Waals surface area contributed by atoms with E-state index in [1.165, 1.54) is 0 Å². The molecule has 0 heterocycles. The summed E-state index contributed by atoms with van der Waals surface area (Å²) in [6, 6.07) is -0.429. The minimum Gasteiger partial charge on any atom is -0.481 e. The number of amides is 2. The van der Waals surface area contributed by atoms with Gasteiger partial charge in [-0.1, -0.05) is 6.42 Å². The smallest absolute Gasteiger partial charge is 0.315 e. The third kappa shape index (κ3) is 3.87. The molecule has 1 aliphatic carbocycles. The molecule has 1 unspecified atom stereocenters. The maximum Gasteiger partial charge on any atom is 0.315 e. The van der Waals surface area contributed by atoms with Crippen molar-refractivity contribution in [2.45, 2.75) is 39.2 Å². The van der Waals surface area contributed by atoms with Crippen LogP contribution in [-0.2, 0) is 9.53 Å². The van der Waals surface area contributed by atoms with E-state index >= 15 is 0 Å². The molecule has 1 atom stereocenters. The first kappa shape index (κ1) is 14.8. The Morgan fingerprint density at radius 2 is 2.11 bits per heavy atom. The van der Waals surface area contributed by atoms with E-state index in [2.05, 4.69) is 10.6 Å². The molecule has 104 valence electrons. The highest BCUT2D eigenvalue weighted by atomic mass is 16.5. The monoisotopic (exact) mass is 258 g/mol. The highest BCUT2D eigenvalue weighted by Gasteiger charge is 2.44. The Morgan fingerprint density at radius 1 is 1.44 bits per heavy atom. The lowest BCUT2D eigenvalue weighted by Gasteiger charge is -2.37. The first-order valence-corrected chi connectivity index (χ1v) is 6.35. The van der Waals surface area contributed by atoms with Gasteiger partial charge in [-0.3, -0.25) is 4.79 Å². The molecule has 0 bridgehead atoms. The molecule has 6 nitrogen and oxygen atoms in total. The molecule has 3 N–H and O–H groups in total. The number of hydrogen-bond acceptors (Lipinski definition) is 3. The van der Waals surface area contributed by atoms with Gasteiger partial charge in [0, 0.05) is 13.2 Å². The van der Waals surface area contributed by atoms with Crippen LogP contribution >= 0.6 is 0 Å². The van der Waals surface area contributed by atoms with E-state index in [1.54, 1.807) is 0 Å². The maximum absolute atomic E-state index is 11.6. The Balaban J connectivity index is 2.26. The number of aliphatic carboxylic acids is 1. The lowest BCUT2D eigenvalue weighted by atomic mass is 9.69. The van der Waals surface area contributed by atoms with Crippen molar-refractivity contribution in [1.82, 2.24) is 10.6 Å². The fourth-order valence-electron chi connectivity index (χ4n) is 1.93. The van der Waals surface area contributed by atoms with Crippen LogP contribution in [0.4, 0.5) is 4.79 Å². The molecule has 0 radical (unpaired) electrons.